The fourth-order valence-corrected chi connectivity index (χ4v) is 2.78. The van der Waals surface area contributed by atoms with Gasteiger partial charge in [-0.2, -0.15) is 0 Å². The highest BCUT2D eigenvalue weighted by Crippen LogP contribution is 2.30. The highest BCUT2D eigenvalue weighted by Gasteiger charge is 2.18. The van der Waals surface area contributed by atoms with E-state index in [0.29, 0.717) is 0 Å². The van der Waals surface area contributed by atoms with Crippen molar-refractivity contribution in [2.45, 2.75) is 40.0 Å². The zero-order valence-corrected chi connectivity index (χ0v) is 10.6. The van der Waals surface area contributed by atoms with Gasteiger partial charge in [-0.15, -0.1) is 0 Å². The number of benzene rings is 1. The Kier molecular flexibility index (Phi) is 2.86. The summed E-state index contributed by atoms with van der Waals surface area (Å²) in [5, 5.41) is 0. The van der Waals surface area contributed by atoms with Gasteiger partial charge in [-0.25, -0.2) is 0 Å². The Balaban J connectivity index is 3.38. The summed E-state index contributed by atoms with van der Waals surface area (Å²) in [6.45, 7) is 11.1. The number of rotatable bonds is 0. The van der Waals surface area contributed by atoms with E-state index in [9.17, 15) is 0 Å². The molecular weight excluding hydrogens is 224 g/mol. The molecule has 0 aromatic heterocycles. The monoisotopic (exact) mass is 240 g/mol. The smallest absolute Gasteiger partial charge is 0.0180 e. The van der Waals surface area contributed by atoms with Gasteiger partial charge in [0.1, 0.15) is 0 Å². The van der Waals surface area contributed by atoms with Crippen LogP contribution in [0.25, 0.3) is 0 Å². The summed E-state index contributed by atoms with van der Waals surface area (Å²) in [7, 11) is 0. The van der Waals surface area contributed by atoms with Gasteiger partial charge < -0.3 is 0 Å². The number of aryl methyl sites for hydroxylation is 2. The fraction of sp³-hybridized carbons (Fsp3) is 0.500. The van der Waals surface area contributed by atoms with Crippen LogP contribution in [0.4, 0.5) is 0 Å². The lowest BCUT2D eigenvalue weighted by molar-refractivity contribution is 0.582. The van der Waals surface area contributed by atoms with Gasteiger partial charge in [0.2, 0.25) is 0 Å². The first-order valence-corrected chi connectivity index (χ1v) is 5.39. The molecule has 0 saturated heterocycles. The molecule has 0 aliphatic carbocycles. The predicted octanol–water partition coefficient (Wildman–Crippen LogP) is 4.36. The second kappa shape index (κ2) is 3.45. The third-order valence-corrected chi connectivity index (χ3v) is 2.71. The van der Waals surface area contributed by atoms with Gasteiger partial charge in [0.15, 0.2) is 0 Å². The first-order chi connectivity index (χ1) is 5.82. The predicted molar refractivity (Wildman–Crippen MR) is 62.3 cm³/mol. The zero-order valence-electron chi connectivity index (χ0n) is 9.03. The highest BCUT2D eigenvalue weighted by molar-refractivity contribution is 9.10. The van der Waals surface area contributed by atoms with Crippen LogP contribution in [-0.4, -0.2) is 0 Å². The molecule has 1 aromatic carbocycles. The molecule has 0 amide bonds. The first-order valence-electron chi connectivity index (χ1n) is 4.59. The Morgan fingerprint density at radius 2 is 1.38 bits per heavy atom. The zero-order chi connectivity index (χ0) is 10.2. The average molecular weight is 241 g/mol. The molecule has 0 bridgehead atoms. The van der Waals surface area contributed by atoms with Crippen molar-refractivity contribution in [2.75, 3.05) is 0 Å². The third kappa shape index (κ3) is 2.34. The van der Waals surface area contributed by atoms with Crippen molar-refractivity contribution in [3.05, 3.63) is 33.3 Å². The first kappa shape index (κ1) is 10.8. The van der Waals surface area contributed by atoms with Crippen molar-refractivity contribution < 1.29 is 0 Å². The van der Waals surface area contributed by atoms with Crippen LogP contribution in [0.15, 0.2) is 16.6 Å². The molecule has 0 unspecified atom stereocenters. The van der Waals surface area contributed by atoms with Crippen LogP contribution < -0.4 is 0 Å². The summed E-state index contributed by atoms with van der Waals surface area (Å²) in [5.74, 6) is 0. The number of halogens is 1. The maximum absolute atomic E-state index is 3.51. The van der Waals surface area contributed by atoms with Gasteiger partial charge in [0.25, 0.3) is 0 Å². The minimum atomic E-state index is 0.245. The SMILES string of the molecule is Cc1cc(Br)cc(C)c1C(C)(C)C. The van der Waals surface area contributed by atoms with Crippen molar-refractivity contribution in [2.24, 2.45) is 0 Å². The van der Waals surface area contributed by atoms with Crippen LogP contribution in [0.3, 0.4) is 0 Å². The lowest BCUT2D eigenvalue weighted by atomic mass is 9.81. The Bertz CT molecular complexity index is 295. The molecule has 0 fully saturated rings. The number of hydrogen-bond acceptors (Lipinski definition) is 0. The fourth-order valence-electron chi connectivity index (χ4n) is 2.09. The standard InChI is InChI=1S/C12H17Br/c1-8-6-10(13)7-9(2)11(8)12(3,4)5/h6-7H,1-5H3. The normalized spacial score (nSPS) is 11.8. The van der Waals surface area contributed by atoms with Crippen LogP contribution in [0, 0.1) is 13.8 Å². The van der Waals surface area contributed by atoms with Crippen molar-refractivity contribution in [3.8, 4) is 0 Å². The largest absolute Gasteiger partial charge is 0.0561 e. The summed E-state index contributed by atoms with van der Waals surface area (Å²) in [6.07, 6.45) is 0. The summed E-state index contributed by atoms with van der Waals surface area (Å²) in [5.41, 5.74) is 4.46. The molecule has 0 nitrogen and oxygen atoms in total. The van der Waals surface area contributed by atoms with E-state index in [4.69, 9.17) is 0 Å². The van der Waals surface area contributed by atoms with Crippen molar-refractivity contribution in [1.82, 2.24) is 0 Å². The average Bonchev–Trinajstić information content (AvgIpc) is 1.78. The lowest BCUT2D eigenvalue weighted by Crippen LogP contribution is -2.15. The molecule has 0 aliphatic heterocycles. The van der Waals surface area contributed by atoms with Crippen LogP contribution in [0.2, 0.25) is 0 Å². The highest BCUT2D eigenvalue weighted by atomic mass is 79.9. The van der Waals surface area contributed by atoms with Crippen LogP contribution in [-0.2, 0) is 5.41 Å². The minimum Gasteiger partial charge on any atom is -0.0561 e. The molecule has 72 valence electrons. The van der Waals surface area contributed by atoms with Crippen LogP contribution >= 0.6 is 15.9 Å². The molecule has 0 spiro atoms. The molecule has 0 heterocycles. The number of hydrogen-bond donors (Lipinski definition) is 0. The Morgan fingerprint density at radius 1 is 1.00 bits per heavy atom. The summed E-state index contributed by atoms with van der Waals surface area (Å²) in [6, 6.07) is 4.38. The molecule has 0 radical (unpaired) electrons. The topological polar surface area (TPSA) is 0 Å². The molecule has 1 heteroatoms. The van der Waals surface area contributed by atoms with Gasteiger partial charge in [-0.1, -0.05) is 36.7 Å². The maximum Gasteiger partial charge on any atom is 0.0180 e. The molecule has 1 aromatic rings. The molecular formula is C12H17Br. The van der Waals surface area contributed by atoms with E-state index in [-0.39, 0.29) is 5.41 Å². The molecule has 1 rings (SSSR count). The third-order valence-electron chi connectivity index (χ3n) is 2.25. The maximum atomic E-state index is 3.51. The molecule has 0 aliphatic rings. The quantitative estimate of drug-likeness (QED) is 0.632. The molecule has 0 saturated carbocycles. The van der Waals surface area contributed by atoms with Gasteiger partial charge >= 0.3 is 0 Å². The van der Waals surface area contributed by atoms with E-state index in [1.54, 1.807) is 0 Å². The van der Waals surface area contributed by atoms with Crippen molar-refractivity contribution >= 4 is 15.9 Å². The van der Waals surface area contributed by atoms with E-state index in [0.717, 1.165) is 0 Å². The van der Waals surface area contributed by atoms with Gasteiger partial charge in [0, 0.05) is 4.47 Å². The van der Waals surface area contributed by atoms with Gasteiger partial charge in [-0.05, 0) is 48.1 Å². The second-order valence-corrected chi connectivity index (χ2v) is 5.58. The Morgan fingerprint density at radius 3 is 1.69 bits per heavy atom. The van der Waals surface area contributed by atoms with Gasteiger partial charge in [-0.3, -0.25) is 0 Å². The van der Waals surface area contributed by atoms with Crippen LogP contribution in [0.1, 0.15) is 37.5 Å². The Hall–Kier alpha value is -0.300. The van der Waals surface area contributed by atoms with E-state index >= 15 is 0 Å². The van der Waals surface area contributed by atoms with Crippen molar-refractivity contribution in [1.29, 1.82) is 0 Å². The van der Waals surface area contributed by atoms with E-state index in [2.05, 4.69) is 62.7 Å². The molecule has 13 heavy (non-hydrogen) atoms. The van der Waals surface area contributed by atoms with Crippen molar-refractivity contribution in [3.63, 3.8) is 0 Å². The summed E-state index contributed by atoms with van der Waals surface area (Å²) < 4.78 is 1.18. The summed E-state index contributed by atoms with van der Waals surface area (Å²) >= 11 is 3.51. The molecule has 0 atom stereocenters. The Labute approximate surface area is 89.5 Å². The molecule has 0 N–H and O–H groups in total. The van der Waals surface area contributed by atoms with Crippen LogP contribution in [0.5, 0.6) is 0 Å². The van der Waals surface area contributed by atoms with E-state index < -0.39 is 0 Å². The minimum absolute atomic E-state index is 0.245. The second-order valence-electron chi connectivity index (χ2n) is 4.66. The summed E-state index contributed by atoms with van der Waals surface area (Å²) in [4.78, 5) is 0. The van der Waals surface area contributed by atoms with E-state index in [1.165, 1.54) is 21.2 Å². The van der Waals surface area contributed by atoms with E-state index in [1.807, 2.05) is 0 Å². The van der Waals surface area contributed by atoms with Gasteiger partial charge in [0.05, 0.1) is 0 Å². The lowest BCUT2D eigenvalue weighted by Gasteiger charge is -2.24.